The number of amides is 1. The van der Waals surface area contributed by atoms with Crippen molar-refractivity contribution in [3.05, 3.63) is 29.8 Å². The zero-order valence-electron chi connectivity index (χ0n) is 13.0. The molecule has 0 bridgehead atoms. The van der Waals surface area contributed by atoms with Crippen LogP contribution in [0.3, 0.4) is 0 Å². The number of hydrogen-bond donors (Lipinski definition) is 1. The number of methoxy groups -OCH3 is 1. The van der Waals surface area contributed by atoms with E-state index in [0.717, 1.165) is 31.4 Å². The highest BCUT2D eigenvalue weighted by Crippen LogP contribution is 2.20. The molecule has 5 nitrogen and oxygen atoms in total. The Kier molecular flexibility index (Phi) is 6.04. The summed E-state index contributed by atoms with van der Waals surface area (Å²) in [5.41, 5.74) is 0.204. The van der Waals surface area contributed by atoms with Crippen LogP contribution in [0.2, 0.25) is 0 Å². The van der Waals surface area contributed by atoms with Crippen LogP contribution in [0.5, 0.6) is 0 Å². The number of likely N-dealkylation sites (tertiary alicyclic amines) is 1. The van der Waals surface area contributed by atoms with Crippen LogP contribution in [0, 0.1) is 11.6 Å². The number of benzene rings is 1. The van der Waals surface area contributed by atoms with Gasteiger partial charge in [0.1, 0.15) is 0 Å². The molecule has 1 aromatic rings. The number of ether oxygens (including phenoxy) is 1. The zero-order chi connectivity index (χ0) is 16.8. The maximum Gasteiger partial charge on any atom is 0.307 e. The molecule has 1 aromatic carbocycles. The van der Waals surface area contributed by atoms with E-state index in [0.29, 0.717) is 6.54 Å². The molecule has 1 N–H and O–H groups in total. The fourth-order valence-corrected chi connectivity index (χ4v) is 2.73. The third kappa shape index (κ3) is 4.99. The van der Waals surface area contributed by atoms with Crippen LogP contribution in [0.15, 0.2) is 18.2 Å². The maximum absolute atomic E-state index is 13.1. The fraction of sp³-hybridized carbons (Fsp3) is 0.500. The van der Waals surface area contributed by atoms with Crippen LogP contribution in [0.4, 0.5) is 14.5 Å². The highest BCUT2D eigenvalue weighted by atomic mass is 19.2. The van der Waals surface area contributed by atoms with Crippen molar-refractivity contribution in [2.75, 3.05) is 25.5 Å². The molecule has 1 atom stereocenters. The van der Waals surface area contributed by atoms with Crippen molar-refractivity contribution in [1.29, 1.82) is 0 Å². The van der Waals surface area contributed by atoms with Crippen molar-refractivity contribution in [2.45, 2.75) is 31.7 Å². The number of anilines is 1. The lowest BCUT2D eigenvalue weighted by Crippen LogP contribution is -2.45. The molecule has 7 heteroatoms. The second-order valence-electron chi connectivity index (χ2n) is 5.58. The first-order valence-electron chi connectivity index (χ1n) is 7.55. The van der Waals surface area contributed by atoms with Gasteiger partial charge in [-0.2, -0.15) is 0 Å². The van der Waals surface area contributed by atoms with Gasteiger partial charge >= 0.3 is 5.97 Å². The summed E-state index contributed by atoms with van der Waals surface area (Å²) in [5, 5.41) is 2.54. The lowest BCUT2D eigenvalue weighted by atomic mass is 9.99. The molecule has 126 valence electrons. The van der Waals surface area contributed by atoms with Crippen molar-refractivity contribution in [1.82, 2.24) is 4.90 Å². The summed E-state index contributed by atoms with van der Waals surface area (Å²) in [6.45, 7) is 0.813. The number of nitrogens with one attached hydrogen (secondary N) is 1. The van der Waals surface area contributed by atoms with Crippen molar-refractivity contribution in [2.24, 2.45) is 0 Å². The lowest BCUT2D eigenvalue weighted by Gasteiger charge is -2.34. The van der Waals surface area contributed by atoms with E-state index in [4.69, 9.17) is 0 Å². The van der Waals surface area contributed by atoms with Crippen LogP contribution in [0.1, 0.15) is 25.7 Å². The molecular weight excluding hydrogens is 306 g/mol. The van der Waals surface area contributed by atoms with Crippen LogP contribution in [-0.4, -0.2) is 43.0 Å². The van der Waals surface area contributed by atoms with E-state index in [-0.39, 0.29) is 36.6 Å². The van der Waals surface area contributed by atoms with E-state index in [1.807, 2.05) is 4.90 Å². The first-order valence-corrected chi connectivity index (χ1v) is 7.55. The van der Waals surface area contributed by atoms with Gasteiger partial charge in [-0.3, -0.25) is 14.5 Å². The molecule has 1 aliphatic rings. The Bertz CT molecular complexity index is 580. The number of halogens is 2. The summed E-state index contributed by atoms with van der Waals surface area (Å²) in [4.78, 5) is 25.5. The van der Waals surface area contributed by atoms with Crippen molar-refractivity contribution < 1.29 is 23.1 Å². The predicted octanol–water partition coefficient (Wildman–Crippen LogP) is 2.32. The molecule has 1 amide bonds. The summed E-state index contributed by atoms with van der Waals surface area (Å²) in [5.74, 6) is -2.60. The molecule has 1 saturated heterocycles. The minimum absolute atomic E-state index is 0.0353. The summed E-state index contributed by atoms with van der Waals surface area (Å²) in [6.07, 6.45) is 3.03. The Hall–Kier alpha value is -2.02. The number of hydrogen-bond acceptors (Lipinski definition) is 4. The van der Waals surface area contributed by atoms with Crippen LogP contribution in [0.25, 0.3) is 0 Å². The van der Waals surface area contributed by atoms with Gasteiger partial charge in [0.05, 0.1) is 20.1 Å². The lowest BCUT2D eigenvalue weighted by molar-refractivity contribution is -0.142. The predicted molar refractivity (Wildman–Crippen MR) is 80.8 cm³/mol. The van der Waals surface area contributed by atoms with Gasteiger partial charge in [0, 0.05) is 17.8 Å². The minimum atomic E-state index is -1.01. The average Bonchev–Trinajstić information content (AvgIpc) is 2.52. The molecule has 0 saturated carbocycles. The average molecular weight is 326 g/mol. The first-order chi connectivity index (χ1) is 11.0. The fourth-order valence-electron chi connectivity index (χ4n) is 2.73. The molecule has 2 rings (SSSR count). The number of carbonyl (C=O) groups excluding carboxylic acids is 2. The Morgan fingerprint density at radius 3 is 2.78 bits per heavy atom. The normalized spacial score (nSPS) is 18.5. The van der Waals surface area contributed by atoms with Gasteiger partial charge in [-0.25, -0.2) is 8.78 Å². The van der Waals surface area contributed by atoms with E-state index >= 15 is 0 Å². The standard InChI is InChI=1S/C16H20F2N2O3/c1-23-16(22)9-12-4-2-3-7-20(12)10-15(21)19-11-5-6-13(17)14(18)8-11/h5-6,8,12H,2-4,7,9-10H2,1H3,(H,19,21). The molecule has 1 unspecified atom stereocenters. The summed E-state index contributed by atoms with van der Waals surface area (Å²) >= 11 is 0. The van der Waals surface area contributed by atoms with Gasteiger partial charge in [-0.05, 0) is 31.5 Å². The van der Waals surface area contributed by atoms with Crippen molar-refractivity contribution in [3.8, 4) is 0 Å². The third-order valence-corrected chi connectivity index (χ3v) is 3.93. The number of nitrogens with zero attached hydrogens (tertiary/aromatic N) is 1. The smallest absolute Gasteiger partial charge is 0.307 e. The Morgan fingerprint density at radius 1 is 1.30 bits per heavy atom. The second-order valence-corrected chi connectivity index (χ2v) is 5.58. The minimum Gasteiger partial charge on any atom is -0.469 e. The topological polar surface area (TPSA) is 58.6 Å². The van der Waals surface area contributed by atoms with E-state index in [1.54, 1.807) is 0 Å². The molecule has 0 aliphatic carbocycles. The monoisotopic (exact) mass is 326 g/mol. The quantitative estimate of drug-likeness (QED) is 0.844. The van der Waals surface area contributed by atoms with Crippen LogP contribution in [-0.2, 0) is 14.3 Å². The first kappa shape index (κ1) is 17.3. The van der Waals surface area contributed by atoms with Gasteiger partial charge in [-0.15, -0.1) is 0 Å². The summed E-state index contributed by atoms with van der Waals surface area (Å²) in [7, 11) is 1.34. The van der Waals surface area contributed by atoms with Gasteiger partial charge in [0.25, 0.3) is 0 Å². The van der Waals surface area contributed by atoms with E-state index in [1.165, 1.54) is 13.2 Å². The molecular formula is C16H20F2N2O3. The second kappa shape index (κ2) is 8.01. The molecule has 0 spiro atoms. The maximum atomic E-state index is 13.1. The Balaban J connectivity index is 1.93. The molecule has 0 aromatic heterocycles. The molecule has 1 fully saturated rings. The zero-order valence-corrected chi connectivity index (χ0v) is 13.0. The SMILES string of the molecule is COC(=O)CC1CCCCN1CC(=O)Nc1ccc(F)c(F)c1. The van der Waals surface area contributed by atoms with Gasteiger partial charge in [0.2, 0.25) is 5.91 Å². The summed E-state index contributed by atoms with van der Waals surface area (Å²) < 4.78 is 30.7. The number of piperidine rings is 1. The van der Waals surface area contributed by atoms with Gasteiger partial charge < -0.3 is 10.1 Å². The number of carbonyl (C=O) groups is 2. The summed E-state index contributed by atoms with van der Waals surface area (Å²) in [6, 6.07) is 3.17. The largest absolute Gasteiger partial charge is 0.469 e. The van der Waals surface area contributed by atoms with Crippen molar-refractivity contribution >= 4 is 17.6 Å². The molecule has 23 heavy (non-hydrogen) atoms. The van der Waals surface area contributed by atoms with E-state index in [2.05, 4.69) is 10.1 Å². The van der Waals surface area contributed by atoms with E-state index in [9.17, 15) is 18.4 Å². The van der Waals surface area contributed by atoms with Crippen molar-refractivity contribution in [3.63, 3.8) is 0 Å². The number of esters is 1. The molecule has 1 aliphatic heterocycles. The number of rotatable bonds is 5. The third-order valence-electron chi connectivity index (χ3n) is 3.93. The van der Waals surface area contributed by atoms with Crippen LogP contribution >= 0.6 is 0 Å². The highest BCUT2D eigenvalue weighted by Gasteiger charge is 2.26. The Labute approximate surface area is 133 Å². The van der Waals surface area contributed by atoms with E-state index < -0.39 is 11.6 Å². The van der Waals surface area contributed by atoms with Gasteiger partial charge in [0.15, 0.2) is 11.6 Å². The molecule has 1 heterocycles. The van der Waals surface area contributed by atoms with Gasteiger partial charge in [-0.1, -0.05) is 6.42 Å². The molecule has 0 radical (unpaired) electrons. The Morgan fingerprint density at radius 2 is 2.09 bits per heavy atom. The highest BCUT2D eigenvalue weighted by molar-refractivity contribution is 5.92. The van der Waals surface area contributed by atoms with Crippen LogP contribution < -0.4 is 5.32 Å².